The SMILES string of the molecule is C=CC(=O)OC(O)CCC(F)(F)C(F)(F)C(F)(F)C(F)(F)C(F)(F)C(F)(F)C(F)(F)C(F)(F)C(F)(F)C(F)(F)F. The van der Waals surface area contributed by atoms with Crippen molar-refractivity contribution in [3.63, 3.8) is 0 Å². The van der Waals surface area contributed by atoms with Crippen molar-refractivity contribution < 1.29 is 107 Å². The lowest BCUT2D eigenvalue weighted by Gasteiger charge is -2.44. The van der Waals surface area contributed by atoms with Crippen molar-refractivity contribution in [3.05, 3.63) is 12.7 Å². The van der Waals surface area contributed by atoms with Gasteiger partial charge in [0, 0.05) is 18.9 Å². The van der Waals surface area contributed by atoms with Crippen molar-refractivity contribution in [2.24, 2.45) is 0 Å². The van der Waals surface area contributed by atoms with Crippen molar-refractivity contribution >= 4 is 5.97 Å². The van der Waals surface area contributed by atoms with Gasteiger partial charge in [-0.05, 0) is 0 Å². The maximum Gasteiger partial charge on any atom is 0.460 e. The van der Waals surface area contributed by atoms with Gasteiger partial charge in [0.05, 0.1) is 0 Å². The summed E-state index contributed by atoms with van der Waals surface area (Å²) in [4.78, 5) is 10.7. The van der Waals surface area contributed by atoms with Crippen molar-refractivity contribution in [1.29, 1.82) is 0 Å². The minimum Gasteiger partial charge on any atom is -0.433 e. The summed E-state index contributed by atoms with van der Waals surface area (Å²) >= 11 is 0. The van der Waals surface area contributed by atoms with Crippen LogP contribution in [-0.2, 0) is 9.53 Å². The van der Waals surface area contributed by atoms with Gasteiger partial charge in [-0.25, -0.2) is 4.79 Å². The number of ether oxygens (including phenoxy) is 1. The van der Waals surface area contributed by atoms with Crippen molar-refractivity contribution in [1.82, 2.24) is 0 Å². The number of halogens is 21. The molecule has 238 valence electrons. The Morgan fingerprint density at radius 1 is 0.575 bits per heavy atom. The molecule has 0 saturated carbocycles. The Balaban J connectivity index is 6.76. The minimum atomic E-state index is -9.24. The maximum absolute atomic E-state index is 13.7. The number of carbonyl (C=O) groups excluding carboxylic acids is 1. The van der Waals surface area contributed by atoms with E-state index in [1.165, 1.54) is 0 Å². The van der Waals surface area contributed by atoms with Crippen molar-refractivity contribution in [2.75, 3.05) is 0 Å². The van der Waals surface area contributed by atoms with Gasteiger partial charge >= 0.3 is 65.4 Å². The van der Waals surface area contributed by atoms with Crippen LogP contribution in [0.5, 0.6) is 0 Å². The molecule has 1 unspecified atom stereocenters. The first-order valence-corrected chi connectivity index (χ1v) is 9.08. The Labute approximate surface area is 205 Å². The first kappa shape index (κ1) is 37.7. The van der Waals surface area contributed by atoms with Gasteiger partial charge < -0.3 is 9.84 Å². The Bertz CT molecular complexity index is 935. The highest BCUT2D eigenvalue weighted by Gasteiger charge is 2.97. The Morgan fingerprint density at radius 3 is 1.12 bits per heavy atom. The number of aliphatic hydroxyl groups is 1. The second-order valence-corrected chi connectivity index (χ2v) is 7.43. The number of alkyl halides is 21. The predicted octanol–water partition coefficient (Wildman–Crippen LogP) is 7.09. The fraction of sp³-hybridized carbons (Fsp3) is 0.812. The topological polar surface area (TPSA) is 46.5 Å². The van der Waals surface area contributed by atoms with Gasteiger partial charge in [-0.1, -0.05) is 6.58 Å². The molecule has 3 nitrogen and oxygen atoms in total. The van der Waals surface area contributed by atoms with E-state index in [-0.39, 0.29) is 6.08 Å². The second-order valence-electron chi connectivity index (χ2n) is 7.43. The van der Waals surface area contributed by atoms with Crippen molar-refractivity contribution in [3.8, 4) is 0 Å². The molecule has 1 N–H and O–H groups in total. The van der Waals surface area contributed by atoms with E-state index >= 15 is 0 Å². The fourth-order valence-electron chi connectivity index (χ4n) is 2.29. The molecular formula is C16H9F21O3. The normalized spacial score (nSPS) is 16.6. The molecule has 40 heavy (non-hydrogen) atoms. The van der Waals surface area contributed by atoms with Gasteiger partial charge in [0.2, 0.25) is 6.29 Å². The Kier molecular flexibility index (Phi) is 9.62. The zero-order valence-corrected chi connectivity index (χ0v) is 18.0. The van der Waals surface area contributed by atoms with E-state index in [0.29, 0.717) is 0 Å². The van der Waals surface area contributed by atoms with Gasteiger partial charge in [0.25, 0.3) is 0 Å². The molecule has 1 atom stereocenters. The molecule has 24 heteroatoms. The molecule has 0 aromatic heterocycles. The summed E-state index contributed by atoms with van der Waals surface area (Å²) < 4.78 is 281. The smallest absolute Gasteiger partial charge is 0.433 e. The van der Waals surface area contributed by atoms with Crippen LogP contribution >= 0.6 is 0 Å². The number of carbonyl (C=O) groups is 1. The third kappa shape index (κ3) is 5.23. The Hall–Kier alpha value is -2.30. The highest BCUT2D eigenvalue weighted by Crippen LogP contribution is 2.66. The highest BCUT2D eigenvalue weighted by molar-refractivity contribution is 5.81. The average molecular weight is 648 g/mol. The molecule has 0 rings (SSSR count). The van der Waals surface area contributed by atoms with Crippen LogP contribution in [0.25, 0.3) is 0 Å². The van der Waals surface area contributed by atoms with Gasteiger partial charge in [0.1, 0.15) is 0 Å². The third-order valence-corrected chi connectivity index (χ3v) is 4.70. The summed E-state index contributed by atoms with van der Waals surface area (Å²) in [6.07, 6.45) is -16.1. The number of rotatable bonds is 13. The molecule has 0 spiro atoms. The number of hydrogen-bond donors (Lipinski definition) is 1. The second kappa shape index (κ2) is 10.2. The monoisotopic (exact) mass is 648 g/mol. The van der Waals surface area contributed by atoms with E-state index in [2.05, 4.69) is 11.3 Å². The van der Waals surface area contributed by atoms with E-state index in [9.17, 15) is 97.0 Å². The molecular weight excluding hydrogens is 639 g/mol. The van der Waals surface area contributed by atoms with Gasteiger partial charge in [0.15, 0.2) is 0 Å². The van der Waals surface area contributed by atoms with Crippen LogP contribution in [0, 0.1) is 0 Å². The van der Waals surface area contributed by atoms with Crippen LogP contribution in [0.1, 0.15) is 12.8 Å². The minimum absolute atomic E-state index is 0.164. The van der Waals surface area contributed by atoms with Crippen LogP contribution in [0.15, 0.2) is 12.7 Å². The average Bonchev–Trinajstić information content (AvgIpc) is 2.75. The lowest BCUT2D eigenvalue weighted by atomic mass is 9.85. The molecule has 0 aliphatic carbocycles. The predicted molar refractivity (Wildman–Crippen MR) is 82.1 cm³/mol. The highest BCUT2D eigenvalue weighted by atomic mass is 19.4. The standard InChI is InChI=1S/C16H9F21O3/c1-2-5(38)40-6(39)3-4-7(17,18)8(19,20)9(21,22)10(23,24)11(25,26)12(27,28)13(29,30)14(31,32)15(33,34)16(35,36)37/h2,6,39H,1,3-4H2. The van der Waals surface area contributed by atoms with Crippen LogP contribution in [0.2, 0.25) is 0 Å². The number of esters is 1. The van der Waals surface area contributed by atoms with Crippen LogP contribution in [0.3, 0.4) is 0 Å². The Morgan fingerprint density at radius 2 is 0.850 bits per heavy atom. The zero-order chi connectivity index (χ0) is 33.0. The fourth-order valence-corrected chi connectivity index (χ4v) is 2.29. The van der Waals surface area contributed by atoms with E-state index in [0.717, 1.165) is 0 Å². The molecule has 0 saturated heterocycles. The van der Waals surface area contributed by atoms with Gasteiger partial charge in [-0.3, -0.25) is 0 Å². The molecule has 0 amide bonds. The van der Waals surface area contributed by atoms with Crippen LogP contribution in [0.4, 0.5) is 92.2 Å². The third-order valence-electron chi connectivity index (χ3n) is 4.70. The summed E-state index contributed by atoms with van der Waals surface area (Å²) in [6.45, 7) is 2.66. The molecule has 0 aliphatic heterocycles. The largest absolute Gasteiger partial charge is 0.460 e. The van der Waals surface area contributed by atoms with Gasteiger partial charge in [-0.2, -0.15) is 92.2 Å². The lowest BCUT2D eigenvalue weighted by Crippen LogP contribution is -2.76. The number of hydrogen-bond acceptors (Lipinski definition) is 3. The molecule has 0 bridgehead atoms. The molecule has 0 fully saturated rings. The summed E-state index contributed by atoms with van der Waals surface area (Å²) in [7, 11) is 0. The molecule has 0 aliphatic rings. The summed E-state index contributed by atoms with van der Waals surface area (Å²) in [5.41, 5.74) is 0. The first-order valence-electron chi connectivity index (χ1n) is 9.08. The van der Waals surface area contributed by atoms with E-state index in [1.807, 2.05) is 0 Å². The first-order chi connectivity index (χ1) is 17.1. The zero-order valence-electron chi connectivity index (χ0n) is 18.0. The molecule has 0 aromatic rings. The molecule has 0 radical (unpaired) electrons. The van der Waals surface area contributed by atoms with Gasteiger partial charge in [-0.15, -0.1) is 0 Å². The lowest BCUT2D eigenvalue weighted by molar-refractivity contribution is -0.474. The van der Waals surface area contributed by atoms with E-state index in [4.69, 9.17) is 5.11 Å². The quantitative estimate of drug-likeness (QED) is 0.100. The van der Waals surface area contributed by atoms with Crippen molar-refractivity contribution in [2.45, 2.75) is 78.6 Å². The molecule has 0 aromatic carbocycles. The van der Waals surface area contributed by atoms with Crippen LogP contribution < -0.4 is 0 Å². The maximum atomic E-state index is 13.7. The summed E-state index contributed by atoms with van der Waals surface area (Å²) in [5, 5.41) is 8.95. The van der Waals surface area contributed by atoms with Crippen LogP contribution in [-0.4, -0.2) is 76.8 Å². The summed E-state index contributed by atoms with van der Waals surface area (Å²) in [6, 6.07) is 0. The molecule has 0 heterocycles. The van der Waals surface area contributed by atoms with E-state index in [1.54, 1.807) is 0 Å². The number of aliphatic hydroxyl groups excluding tert-OH is 1. The van der Waals surface area contributed by atoms with E-state index < -0.39 is 84.6 Å². The summed E-state index contributed by atoms with van der Waals surface area (Å²) in [5.74, 6) is -79.6.